The molecule has 3 amide bonds. The van der Waals surface area contributed by atoms with Crippen molar-refractivity contribution in [2.24, 2.45) is 5.73 Å². The van der Waals surface area contributed by atoms with Crippen molar-refractivity contribution in [2.45, 2.75) is 37.5 Å². The van der Waals surface area contributed by atoms with E-state index in [0.29, 0.717) is 5.69 Å². The van der Waals surface area contributed by atoms with E-state index in [0.717, 1.165) is 0 Å². The van der Waals surface area contributed by atoms with Crippen LogP contribution in [0, 0.1) is 0 Å². The predicted molar refractivity (Wildman–Crippen MR) is 93.5 cm³/mol. The lowest BCUT2D eigenvalue weighted by molar-refractivity contribution is -0.142. The summed E-state index contributed by atoms with van der Waals surface area (Å²) < 4.78 is 0. The number of H-pyrrole nitrogens is 1. The zero-order chi connectivity index (χ0) is 21.3. The molecule has 28 heavy (non-hydrogen) atoms. The van der Waals surface area contributed by atoms with E-state index in [1.165, 1.54) is 19.4 Å². The first-order chi connectivity index (χ1) is 13.2. The quantitative estimate of drug-likeness (QED) is 0.180. The van der Waals surface area contributed by atoms with Gasteiger partial charge in [0.1, 0.15) is 18.1 Å². The Morgan fingerprint density at radius 3 is 2.07 bits per heavy atom. The molecule has 1 heterocycles. The van der Waals surface area contributed by atoms with Crippen molar-refractivity contribution >= 4 is 23.7 Å². The van der Waals surface area contributed by atoms with Crippen LogP contribution in [0.25, 0.3) is 0 Å². The molecule has 4 atom stereocenters. The van der Waals surface area contributed by atoms with Gasteiger partial charge in [0.25, 0.3) is 0 Å². The molecule has 0 fully saturated rings. The molecular formula is C15H24N6O7. The van der Waals surface area contributed by atoms with Gasteiger partial charge in [0, 0.05) is 18.3 Å². The maximum absolute atomic E-state index is 12.2. The molecule has 0 radical (unpaired) electrons. The monoisotopic (exact) mass is 400 g/mol. The molecule has 0 aliphatic carbocycles. The molecule has 0 saturated carbocycles. The van der Waals surface area contributed by atoms with Crippen LogP contribution in [0.5, 0.6) is 0 Å². The summed E-state index contributed by atoms with van der Waals surface area (Å²) in [5.74, 6) is -3.93. The SMILES string of the molecule is CC(NC(=O)C(CO)NC(=O)C(CO)NC(=O)C(N)Cc1cnc[nH]1)C(=O)O. The van der Waals surface area contributed by atoms with Crippen molar-refractivity contribution in [2.75, 3.05) is 13.2 Å². The number of carbonyl (C=O) groups is 4. The molecule has 0 aliphatic heterocycles. The lowest BCUT2D eigenvalue weighted by Gasteiger charge is -2.22. The highest BCUT2D eigenvalue weighted by atomic mass is 16.4. The van der Waals surface area contributed by atoms with Crippen molar-refractivity contribution in [3.8, 4) is 0 Å². The zero-order valence-corrected chi connectivity index (χ0v) is 15.1. The molecule has 1 aromatic rings. The minimum absolute atomic E-state index is 0.111. The minimum atomic E-state index is -1.47. The maximum atomic E-state index is 12.2. The second kappa shape index (κ2) is 11.0. The normalized spacial score (nSPS) is 15.0. The summed E-state index contributed by atoms with van der Waals surface area (Å²) in [4.78, 5) is 53.5. The van der Waals surface area contributed by atoms with Gasteiger partial charge in [-0.3, -0.25) is 19.2 Å². The number of nitrogens with one attached hydrogen (secondary N) is 4. The van der Waals surface area contributed by atoms with Crippen LogP contribution in [0.2, 0.25) is 0 Å². The number of hydrogen-bond acceptors (Lipinski definition) is 8. The summed E-state index contributed by atoms with van der Waals surface area (Å²) >= 11 is 0. The number of rotatable bonds is 11. The topological polar surface area (TPSA) is 220 Å². The fraction of sp³-hybridized carbons (Fsp3) is 0.533. The van der Waals surface area contributed by atoms with Crippen LogP contribution in [0.4, 0.5) is 0 Å². The molecule has 156 valence electrons. The first kappa shape index (κ1) is 23.0. The van der Waals surface area contributed by atoms with E-state index in [1.807, 2.05) is 0 Å². The highest BCUT2D eigenvalue weighted by Crippen LogP contribution is 1.98. The number of carbonyl (C=O) groups excluding carboxylic acids is 3. The van der Waals surface area contributed by atoms with Gasteiger partial charge in [0.05, 0.1) is 25.6 Å². The van der Waals surface area contributed by atoms with E-state index < -0.39 is 61.1 Å². The van der Waals surface area contributed by atoms with Gasteiger partial charge in [0.15, 0.2) is 0 Å². The number of aromatic nitrogens is 2. The van der Waals surface area contributed by atoms with Gasteiger partial charge < -0.3 is 42.0 Å². The standard InChI is InChI=1S/C15H24N6O7/c1-7(15(27)28)19-13(25)10(4-22)21-14(26)11(5-23)20-12(24)9(16)2-8-3-17-6-18-8/h3,6-7,9-11,22-23H,2,4-5,16H2,1H3,(H,17,18)(H,19,25)(H,20,24)(H,21,26)(H,27,28). The lowest BCUT2D eigenvalue weighted by atomic mass is 10.1. The highest BCUT2D eigenvalue weighted by Gasteiger charge is 2.28. The van der Waals surface area contributed by atoms with Gasteiger partial charge in [0.2, 0.25) is 17.7 Å². The number of nitrogens with two attached hydrogens (primary N) is 1. The average molecular weight is 400 g/mol. The minimum Gasteiger partial charge on any atom is -0.480 e. The maximum Gasteiger partial charge on any atom is 0.325 e. The number of carboxylic acids is 1. The van der Waals surface area contributed by atoms with E-state index in [4.69, 9.17) is 10.8 Å². The number of hydrogen-bond donors (Lipinski definition) is 8. The molecule has 0 saturated heterocycles. The first-order valence-corrected chi connectivity index (χ1v) is 8.28. The average Bonchev–Trinajstić information content (AvgIpc) is 3.16. The van der Waals surface area contributed by atoms with Gasteiger partial charge in [-0.25, -0.2) is 4.98 Å². The smallest absolute Gasteiger partial charge is 0.325 e. The van der Waals surface area contributed by atoms with E-state index >= 15 is 0 Å². The van der Waals surface area contributed by atoms with E-state index in [1.54, 1.807) is 0 Å². The summed E-state index contributed by atoms with van der Waals surface area (Å²) in [5.41, 5.74) is 6.33. The van der Waals surface area contributed by atoms with Crippen LogP contribution in [0.3, 0.4) is 0 Å². The zero-order valence-electron chi connectivity index (χ0n) is 15.1. The number of aliphatic hydroxyl groups is 2. The molecule has 13 nitrogen and oxygen atoms in total. The summed E-state index contributed by atoms with van der Waals surface area (Å²) in [6.07, 6.45) is 3.00. The number of aromatic amines is 1. The number of carboxylic acid groups (broad SMARTS) is 1. The Labute approximate surface area is 159 Å². The third-order valence-electron chi connectivity index (χ3n) is 3.69. The largest absolute Gasteiger partial charge is 0.480 e. The Morgan fingerprint density at radius 1 is 1.07 bits per heavy atom. The van der Waals surface area contributed by atoms with Gasteiger partial charge >= 0.3 is 5.97 Å². The number of imidazole rings is 1. The van der Waals surface area contributed by atoms with E-state index in [-0.39, 0.29) is 6.42 Å². The van der Waals surface area contributed by atoms with Crippen molar-refractivity contribution in [3.63, 3.8) is 0 Å². The molecule has 1 rings (SSSR count). The van der Waals surface area contributed by atoms with E-state index in [2.05, 4.69) is 25.9 Å². The molecule has 0 bridgehead atoms. The number of nitrogens with zero attached hydrogens (tertiary/aromatic N) is 1. The van der Waals surface area contributed by atoms with Crippen LogP contribution < -0.4 is 21.7 Å². The number of aliphatic hydroxyl groups excluding tert-OH is 2. The summed E-state index contributed by atoms with van der Waals surface area (Å²) in [6.45, 7) is -0.413. The van der Waals surface area contributed by atoms with Crippen LogP contribution in [0.15, 0.2) is 12.5 Å². The molecular weight excluding hydrogens is 376 g/mol. The third kappa shape index (κ3) is 6.94. The Bertz CT molecular complexity index is 680. The molecule has 0 aromatic carbocycles. The fourth-order valence-corrected chi connectivity index (χ4v) is 2.04. The number of aliphatic carboxylic acids is 1. The van der Waals surface area contributed by atoms with Crippen LogP contribution in [-0.2, 0) is 25.6 Å². The van der Waals surface area contributed by atoms with Crippen molar-refractivity contribution in [3.05, 3.63) is 18.2 Å². The van der Waals surface area contributed by atoms with Crippen molar-refractivity contribution in [1.82, 2.24) is 25.9 Å². The van der Waals surface area contributed by atoms with E-state index in [9.17, 15) is 29.4 Å². The third-order valence-corrected chi connectivity index (χ3v) is 3.69. The van der Waals surface area contributed by atoms with Crippen molar-refractivity contribution < 1.29 is 34.5 Å². The van der Waals surface area contributed by atoms with Crippen molar-refractivity contribution in [1.29, 1.82) is 0 Å². The first-order valence-electron chi connectivity index (χ1n) is 8.28. The second-order valence-corrected chi connectivity index (χ2v) is 5.94. The molecule has 0 spiro atoms. The summed E-state index contributed by atoms with van der Waals surface area (Å²) in [6, 6.07) is -5.18. The fourth-order valence-electron chi connectivity index (χ4n) is 2.04. The van der Waals surface area contributed by atoms with Gasteiger partial charge in [-0.05, 0) is 6.92 Å². The van der Waals surface area contributed by atoms with Crippen LogP contribution >= 0.6 is 0 Å². The molecule has 0 aliphatic rings. The molecule has 9 N–H and O–H groups in total. The Balaban J connectivity index is 2.63. The summed E-state index contributed by atoms with van der Waals surface area (Å²) in [5, 5.41) is 33.8. The Morgan fingerprint density at radius 2 is 1.61 bits per heavy atom. The van der Waals surface area contributed by atoms with Crippen LogP contribution in [0.1, 0.15) is 12.6 Å². The Hall–Kier alpha value is -3.03. The lowest BCUT2D eigenvalue weighted by Crippen LogP contribution is -2.58. The van der Waals surface area contributed by atoms with Gasteiger partial charge in [-0.2, -0.15) is 0 Å². The van der Waals surface area contributed by atoms with Gasteiger partial charge in [-0.1, -0.05) is 0 Å². The Kier molecular flexibility index (Phi) is 9.01. The molecule has 13 heteroatoms. The van der Waals surface area contributed by atoms with Gasteiger partial charge in [-0.15, -0.1) is 0 Å². The highest BCUT2D eigenvalue weighted by molar-refractivity contribution is 5.94. The predicted octanol–water partition coefficient (Wildman–Crippen LogP) is -4.18. The summed E-state index contributed by atoms with van der Waals surface area (Å²) in [7, 11) is 0. The molecule has 1 aromatic heterocycles. The number of amides is 3. The molecule has 4 unspecified atom stereocenters. The second-order valence-electron chi connectivity index (χ2n) is 5.94. The van der Waals surface area contributed by atoms with Crippen LogP contribution in [-0.4, -0.2) is 86.4 Å².